The molecule has 0 fully saturated rings. The van der Waals surface area contributed by atoms with E-state index < -0.39 is 17.6 Å². The quantitative estimate of drug-likeness (QED) is 0.883. The van der Waals surface area contributed by atoms with Gasteiger partial charge in [0.2, 0.25) is 0 Å². The van der Waals surface area contributed by atoms with E-state index in [0.29, 0.717) is 16.6 Å². The van der Waals surface area contributed by atoms with E-state index in [9.17, 15) is 17.6 Å². The van der Waals surface area contributed by atoms with Crippen LogP contribution in [0.25, 0.3) is 10.6 Å². The minimum absolute atomic E-state index is 0.202. The topological polar surface area (TPSA) is 37.8 Å². The molecule has 19 heavy (non-hydrogen) atoms. The molecule has 0 saturated carbocycles. The van der Waals surface area contributed by atoms with Crippen LogP contribution in [0.5, 0.6) is 0 Å². The van der Waals surface area contributed by atoms with Crippen LogP contribution in [0.4, 0.5) is 17.6 Å². The van der Waals surface area contributed by atoms with E-state index in [1.165, 1.54) is 6.07 Å². The van der Waals surface area contributed by atoms with Crippen molar-refractivity contribution in [3.63, 3.8) is 0 Å². The van der Waals surface area contributed by atoms with Gasteiger partial charge in [0.05, 0.1) is 5.56 Å². The Morgan fingerprint density at radius 2 is 2.00 bits per heavy atom. The molecule has 8 heteroatoms. The van der Waals surface area contributed by atoms with E-state index in [1.807, 2.05) is 0 Å². The Labute approximate surface area is 110 Å². The van der Waals surface area contributed by atoms with Gasteiger partial charge in [0.25, 0.3) is 0 Å². The van der Waals surface area contributed by atoms with Gasteiger partial charge >= 0.3 is 6.18 Å². The van der Waals surface area contributed by atoms with Crippen LogP contribution in [-0.4, -0.2) is 17.2 Å². The molecule has 0 unspecified atom stereocenters. The van der Waals surface area contributed by atoms with Crippen LogP contribution in [0, 0.1) is 5.82 Å². The fourth-order valence-corrected chi connectivity index (χ4v) is 2.32. The lowest BCUT2D eigenvalue weighted by molar-refractivity contribution is -0.139. The van der Waals surface area contributed by atoms with Gasteiger partial charge in [-0.15, -0.1) is 10.2 Å². The van der Waals surface area contributed by atoms with Gasteiger partial charge < -0.3 is 5.32 Å². The van der Waals surface area contributed by atoms with Crippen LogP contribution in [0.15, 0.2) is 18.2 Å². The van der Waals surface area contributed by atoms with E-state index in [4.69, 9.17) is 0 Å². The number of aromatic nitrogens is 2. The van der Waals surface area contributed by atoms with Crippen molar-refractivity contribution in [1.82, 2.24) is 15.5 Å². The molecule has 0 saturated heterocycles. The van der Waals surface area contributed by atoms with E-state index in [2.05, 4.69) is 15.5 Å². The molecule has 0 atom stereocenters. The summed E-state index contributed by atoms with van der Waals surface area (Å²) in [7, 11) is 1.72. The lowest BCUT2D eigenvalue weighted by atomic mass is 10.1. The van der Waals surface area contributed by atoms with E-state index in [0.717, 1.165) is 23.5 Å². The molecule has 0 spiro atoms. The first-order chi connectivity index (χ1) is 8.91. The minimum atomic E-state index is -4.72. The van der Waals surface area contributed by atoms with Crippen molar-refractivity contribution < 1.29 is 17.6 Å². The molecular weight excluding hydrogens is 282 g/mol. The third-order valence-corrected chi connectivity index (χ3v) is 3.29. The van der Waals surface area contributed by atoms with E-state index >= 15 is 0 Å². The second kappa shape index (κ2) is 5.22. The van der Waals surface area contributed by atoms with Gasteiger partial charge in [0, 0.05) is 12.1 Å². The summed E-state index contributed by atoms with van der Waals surface area (Å²) in [6, 6.07) is 2.80. The predicted octanol–water partition coefficient (Wildman–Crippen LogP) is 3.08. The Balaban J connectivity index is 2.39. The van der Waals surface area contributed by atoms with Crippen LogP contribution < -0.4 is 5.32 Å². The number of hydrogen-bond donors (Lipinski definition) is 1. The summed E-state index contributed by atoms with van der Waals surface area (Å²) in [6.45, 7) is 0.477. The summed E-state index contributed by atoms with van der Waals surface area (Å²) >= 11 is 1.16. The number of halogens is 4. The van der Waals surface area contributed by atoms with Crippen LogP contribution in [0.1, 0.15) is 10.6 Å². The van der Waals surface area contributed by atoms with Crippen LogP contribution in [0.3, 0.4) is 0 Å². The molecule has 0 radical (unpaired) electrons. The molecule has 1 aromatic carbocycles. The zero-order valence-electron chi connectivity index (χ0n) is 9.75. The number of benzene rings is 1. The van der Waals surface area contributed by atoms with Gasteiger partial charge in [-0.2, -0.15) is 13.2 Å². The van der Waals surface area contributed by atoms with Crippen molar-refractivity contribution >= 4 is 11.3 Å². The van der Waals surface area contributed by atoms with Gasteiger partial charge in [-0.3, -0.25) is 0 Å². The van der Waals surface area contributed by atoms with Gasteiger partial charge in [0.1, 0.15) is 15.8 Å². The third-order valence-electron chi connectivity index (χ3n) is 2.31. The summed E-state index contributed by atoms with van der Waals surface area (Å²) in [5.74, 6) is -1.30. The average molecular weight is 291 g/mol. The van der Waals surface area contributed by atoms with Crippen molar-refractivity contribution in [3.05, 3.63) is 34.6 Å². The van der Waals surface area contributed by atoms with Crippen LogP contribution in [0.2, 0.25) is 0 Å². The zero-order valence-corrected chi connectivity index (χ0v) is 10.6. The van der Waals surface area contributed by atoms with Crippen molar-refractivity contribution in [2.45, 2.75) is 12.7 Å². The molecule has 102 valence electrons. The largest absolute Gasteiger partial charge is 0.419 e. The Kier molecular flexibility index (Phi) is 3.81. The second-order valence-corrected chi connectivity index (χ2v) is 4.79. The SMILES string of the molecule is CNCc1nnc(-c2ccc(F)c(C(F)(F)F)c2)s1. The molecule has 0 amide bonds. The summed E-state index contributed by atoms with van der Waals surface area (Å²) < 4.78 is 50.9. The second-order valence-electron chi connectivity index (χ2n) is 3.72. The van der Waals surface area contributed by atoms with Gasteiger partial charge in [-0.25, -0.2) is 4.39 Å². The van der Waals surface area contributed by atoms with Crippen molar-refractivity contribution in [1.29, 1.82) is 0 Å². The summed E-state index contributed by atoms with van der Waals surface area (Å²) in [4.78, 5) is 0. The number of alkyl halides is 3. The molecule has 2 aromatic rings. The van der Waals surface area contributed by atoms with Crippen LogP contribution in [-0.2, 0) is 12.7 Å². The van der Waals surface area contributed by atoms with Crippen molar-refractivity contribution in [2.75, 3.05) is 7.05 Å². The maximum absolute atomic E-state index is 13.1. The maximum atomic E-state index is 13.1. The first kappa shape index (κ1) is 13.9. The normalized spacial score (nSPS) is 11.8. The summed E-state index contributed by atoms with van der Waals surface area (Å²) in [5, 5.41) is 11.5. The maximum Gasteiger partial charge on any atom is 0.419 e. The molecule has 0 aliphatic heterocycles. The highest BCUT2D eigenvalue weighted by Crippen LogP contribution is 2.34. The first-order valence-electron chi connectivity index (χ1n) is 5.26. The number of hydrogen-bond acceptors (Lipinski definition) is 4. The Morgan fingerprint density at radius 3 is 2.63 bits per heavy atom. The molecule has 1 heterocycles. The third kappa shape index (κ3) is 3.07. The Hall–Kier alpha value is -1.54. The Bertz CT molecular complexity index is 580. The van der Waals surface area contributed by atoms with Gasteiger partial charge in [0.15, 0.2) is 0 Å². The summed E-state index contributed by atoms with van der Waals surface area (Å²) in [5.41, 5.74) is -1.09. The zero-order chi connectivity index (χ0) is 14.0. The molecule has 1 N–H and O–H groups in total. The Morgan fingerprint density at radius 1 is 1.26 bits per heavy atom. The fraction of sp³-hybridized carbons (Fsp3) is 0.273. The molecule has 0 aliphatic carbocycles. The summed E-state index contributed by atoms with van der Waals surface area (Å²) in [6.07, 6.45) is -4.72. The van der Waals surface area contributed by atoms with Crippen molar-refractivity contribution in [3.8, 4) is 10.6 Å². The van der Waals surface area contributed by atoms with Crippen LogP contribution >= 0.6 is 11.3 Å². The molecule has 0 bridgehead atoms. The lowest BCUT2D eigenvalue weighted by Gasteiger charge is -2.08. The highest BCUT2D eigenvalue weighted by atomic mass is 32.1. The monoisotopic (exact) mass is 291 g/mol. The number of rotatable bonds is 3. The average Bonchev–Trinajstić information content (AvgIpc) is 2.77. The minimum Gasteiger partial charge on any atom is -0.313 e. The molecular formula is C11H9F4N3S. The highest BCUT2D eigenvalue weighted by molar-refractivity contribution is 7.14. The first-order valence-corrected chi connectivity index (χ1v) is 6.07. The molecule has 3 nitrogen and oxygen atoms in total. The van der Waals surface area contributed by atoms with Gasteiger partial charge in [-0.05, 0) is 25.2 Å². The molecule has 2 rings (SSSR count). The number of nitrogens with one attached hydrogen (secondary N) is 1. The standard InChI is InChI=1S/C11H9F4N3S/c1-16-5-9-17-18-10(19-9)6-2-3-8(12)7(4-6)11(13,14)15/h2-4,16H,5H2,1H3. The number of nitrogens with zero attached hydrogens (tertiary/aromatic N) is 2. The van der Waals surface area contributed by atoms with E-state index in [-0.39, 0.29) is 5.56 Å². The van der Waals surface area contributed by atoms with Gasteiger partial charge in [-0.1, -0.05) is 11.3 Å². The highest BCUT2D eigenvalue weighted by Gasteiger charge is 2.34. The predicted molar refractivity (Wildman–Crippen MR) is 63.1 cm³/mol. The van der Waals surface area contributed by atoms with E-state index in [1.54, 1.807) is 7.05 Å². The fourth-order valence-electron chi connectivity index (χ4n) is 1.47. The molecule has 0 aliphatic rings. The van der Waals surface area contributed by atoms with Crippen molar-refractivity contribution in [2.24, 2.45) is 0 Å². The lowest BCUT2D eigenvalue weighted by Crippen LogP contribution is -2.08. The molecule has 1 aromatic heterocycles. The smallest absolute Gasteiger partial charge is 0.313 e.